The zero-order valence-corrected chi connectivity index (χ0v) is 16.3. The highest BCUT2D eigenvalue weighted by Gasteiger charge is 2.24. The van der Waals surface area contributed by atoms with Crippen molar-refractivity contribution in [2.75, 3.05) is 12.1 Å². The molecule has 27 heavy (non-hydrogen) atoms. The molecule has 1 aliphatic heterocycles. The van der Waals surface area contributed by atoms with Gasteiger partial charge in [-0.1, -0.05) is 6.92 Å². The monoisotopic (exact) mass is 399 g/mol. The van der Waals surface area contributed by atoms with Gasteiger partial charge in [0, 0.05) is 10.4 Å². The van der Waals surface area contributed by atoms with E-state index in [1.165, 1.54) is 4.88 Å². The largest absolute Gasteiger partial charge is 0.454 e. The third kappa shape index (κ3) is 3.48. The number of thiocarbonyl (C=S) groups is 1. The molecule has 0 saturated heterocycles. The Labute approximate surface area is 166 Å². The summed E-state index contributed by atoms with van der Waals surface area (Å²) >= 11 is 6.83. The predicted molar refractivity (Wildman–Crippen MR) is 106 cm³/mol. The summed E-state index contributed by atoms with van der Waals surface area (Å²) in [6.45, 7) is 2.37. The van der Waals surface area contributed by atoms with Crippen LogP contribution in [0.5, 0.6) is 11.5 Å². The first-order valence-electron chi connectivity index (χ1n) is 8.61. The van der Waals surface area contributed by atoms with Gasteiger partial charge in [0.2, 0.25) is 6.79 Å². The van der Waals surface area contributed by atoms with E-state index < -0.39 is 0 Å². The van der Waals surface area contributed by atoms with Crippen molar-refractivity contribution < 1.29 is 14.3 Å². The number of anilines is 1. The van der Waals surface area contributed by atoms with Crippen LogP contribution in [0.2, 0.25) is 0 Å². The number of thiophene rings is 1. The first-order chi connectivity index (χ1) is 13.0. The minimum Gasteiger partial charge on any atom is -0.454 e. The van der Waals surface area contributed by atoms with Crippen molar-refractivity contribution in [1.82, 2.24) is 5.32 Å². The lowest BCUT2D eigenvalue weighted by Crippen LogP contribution is -2.34. The van der Waals surface area contributed by atoms with Gasteiger partial charge < -0.3 is 14.8 Å². The number of hydrogen-bond acceptors (Lipinski definition) is 6. The SMILES string of the molecule is C[C@@H]1CCc2c(sc(NC(=S)NC(=O)c3ccc4c(c3)OCO4)c2C#N)C1. The van der Waals surface area contributed by atoms with Gasteiger partial charge in [0.25, 0.3) is 5.91 Å². The first kappa shape index (κ1) is 17.8. The molecular formula is C19H17N3O3S2. The van der Waals surface area contributed by atoms with E-state index in [1.54, 1.807) is 29.5 Å². The Kier molecular flexibility index (Phi) is 4.72. The van der Waals surface area contributed by atoms with Crippen LogP contribution < -0.4 is 20.1 Å². The summed E-state index contributed by atoms with van der Waals surface area (Å²) in [5.74, 6) is 1.42. The van der Waals surface area contributed by atoms with Crippen LogP contribution in [0.15, 0.2) is 18.2 Å². The molecule has 0 spiro atoms. The highest BCUT2D eigenvalue weighted by atomic mass is 32.1. The Morgan fingerprint density at radius 2 is 2.19 bits per heavy atom. The number of nitrogens with zero attached hydrogens (tertiary/aromatic N) is 1. The van der Waals surface area contributed by atoms with Crippen LogP contribution in [-0.2, 0) is 12.8 Å². The fourth-order valence-electron chi connectivity index (χ4n) is 3.30. The molecule has 0 saturated carbocycles. The molecule has 0 unspecified atom stereocenters. The van der Waals surface area contributed by atoms with Gasteiger partial charge in [-0.2, -0.15) is 5.26 Å². The molecule has 0 radical (unpaired) electrons. The second kappa shape index (κ2) is 7.18. The van der Waals surface area contributed by atoms with E-state index in [9.17, 15) is 10.1 Å². The van der Waals surface area contributed by atoms with E-state index in [2.05, 4.69) is 23.6 Å². The number of nitrogens with one attached hydrogen (secondary N) is 2. The molecule has 0 bridgehead atoms. The summed E-state index contributed by atoms with van der Waals surface area (Å²) in [6.07, 6.45) is 2.98. The lowest BCUT2D eigenvalue weighted by atomic mass is 9.89. The summed E-state index contributed by atoms with van der Waals surface area (Å²) in [5, 5.41) is 16.1. The Bertz CT molecular complexity index is 977. The fraction of sp³-hybridized carbons (Fsp3) is 0.316. The quantitative estimate of drug-likeness (QED) is 0.751. The highest BCUT2D eigenvalue weighted by molar-refractivity contribution is 7.80. The predicted octanol–water partition coefficient (Wildman–Crippen LogP) is 3.60. The number of amides is 1. The van der Waals surface area contributed by atoms with Crippen molar-refractivity contribution in [3.8, 4) is 17.6 Å². The number of carbonyl (C=O) groups excluding carboxylic acids is 1. The normalized spacial score (nSPS) is 17.0. The van der Waals surface area contributed by atoms with Crippen molar-refractivity contribution in [3.05, 3.63) is 39.8 Å². The van der Waals surface area contributed by atoms with Crippen molar-refractivity contribution in [2.24, 2.45) is 5.92 Å². The van der Waals surface area contributed by atoms with E-state index in [-0.39, 0.29) is 17.8 Å². The molecule has 4 rings (SSSR count). The molecule has 8 heteroatoms. The molecule has 2 aromatic rings. The van der Waals surface area contributed by atoms with E-state index in [1.807, 2.05) is 0 Å². The van der Waals surface area contributed by atoms with Gasteiger partial charge >= 0.3 is 0 Å². The van der Waals surface area contributed by atoms with E-state index in [0.29, 0.717) is 33.5 Å². The molecule has 1 atom stereocenters. The van der Waals surface area contributed by atoms with Gasteiger partial charge in [-0.25, -0.2) is 0 Å². The van der Waals surface area contributed by atoms with Crippen LogP contribution in [0.3, 0.4) is 0 Å². The number of carbonyl (C=O) groups is 1. The maximum atomic E-state index is 12.4. The Hall–Kier alpha value is -2.63. The number of fused-ring (bicyclic) bond motifs is 2. The molecule has 1 aromatic carbocycles. The number of nitriles is 1. The molecule has 0 fully saturated rings. The van der Waals surface area contributed by atoms with Crippen molar-refractivity contribution in [3.63, 3.8) is 0 Å². The molecule has 138 valence electrons. The molecule has 1 amide bonds. The first-order valence-corrected chi connectivity index (χ1v) is 9.84. The molecule has 6 nitrogen and oxygen atoms in total. The zero-order valence-electron chi connectivity index (χ0n) is 14.6. The minimum atomic E-state index is -0.348. The third-order valence-corrected chi connectivity index (χ3v) is 6.09. The van der Waals surface area contributed by atoms with Crippen molar-refractivity contribution in [1.29, 1.82) is 5.26 Å². The number of benzene rings is 1. The fourth-order valence-corrected chi connectivity index (χ4v) is 4.93. The summed E-state index contributed by atoms with van der Waals surface area (Å²) in [6, 6.07) is 7.24. The van der Waals surface area contributed by atoms with Crippen LogP contribution >= 0.6 is 23.6 Å². The average Bonchev–Trinajstić information content (AvgIpc) is 3.23. The topological polar surface area (TPSA) is 83.4 Å². The Balaban J connectivity index is 1.47. The molecule has 2 N–H and O–H groups in total. The second-order valence-electron chi connectivity index (χ2n) is 6.64. The summed E-state index contributed by atoms with van der Waals surface area (Å²) < 4.78 is 10.5. The van der Waals surface area contributed by atoms with Crippen molar-refractivity contribution in [2.45, 2.75) is 26.2 Å². The van der Waals surface area contributed by atoms with Gasteiger partial charge in [0.1, 0.15) is 11.1 Å². The Morgan fingerprint density at radius 1 is 1.37 bits per heavy atom. The maximum absolute atomic E-state index is 12.4. The smallest absolute Gasteiger partial charge is 0.257 e. The van der Waals surface area contributed by atoms with Crippen LogP contribution in [0, 0.1) is 17.2 Å². The van der Waals surface area contributed by atoms with E-state index >= 15 is 0 Å². The highest BCUT2D eigenvalue weighted by Crippen LogP contribution is 2.39. The van der Waals surface area contributed by atoms with E-state index in [4.69, 9.17) is 21.7 Å². The van der Waals surface area contributed by atoms with Gasteiger partial charge in [0.05, 0.1) is 5.56 Å². The number of hydrogen-bond donors (Lipinski definition) is 2. The molecule has 1 aliphatic carbocycles. The molecule has 1 aromatic heterocycles. The standard InChI is InChI=1S/C19H17N3O3S2/c1-10-2-4-12-13(8-20)18(27-16(12)6-10)22-19(26)21-17(23)11-3-5-14-15(7-11)25-9-24-14/h3,5,7,10H,2,4,6,9H2,1H3,(H2,21,22,23,26)/t10-/m1/s1. The second-order valence-corrected chi connectivity index (χ2v) is 8.16. The lowest BCUT2D eigenvalue weighted by Gasteiger charge is -2.17. The summed E-state index contributed by atoms with van der Waals surface area (Å²) in [7, 11) is 0. The van der Waals surface area contributed by atoms with Gasteiger partial charge in [-0.15, -0.1) is 11.3 Å². The number of ether oxygens (including phenoxy) is 2. The third-order valence-electron chi connectivity index (χ3n) is 4.71. The summed E-state index contributed by atoms with van der Waals surface area (Å²) in [5.41, 5.74) is 2.18. The minimum absolute atomic E-state index is 0.152. The van der Waals surface area contributed by atoms with Crippen LogP contribution in [-0.4, -0.2) is 17.8 Å². The van der Waals surface area contributed by atoms with Crippen LogP contribution in [0.1, 0.15) is 39.7 Å². The van der Waals surface area contributed by atoms with Crippen molar-refractivity contribution >= 4 is 39.6 Å². The average molecular weight is 399 g/mol. The number of rotatable bonds is 2. The van der Waals surface area contributed by atoms with E-state index in [0.717, 1.165) is 24.8 Å². The van der Waals surface area contributed by atoms with Crippen LogP contribution in [0.4, 0.5) is 5.00 Å². The van der Waals surface area contributed by atoms with Gasteiger partial charge in [-0.3, -0.25) is 10.1 Å². The van der Waals surface area contributed by atoms with Gasteiger partial charge in [0.15, 0.2) is 16.6 Å². The van der Waals surface area contributed by atoms with Gasteiger partial charge in [-0.05, 0) is 61.2 Å². The lowest BCUT2D eigenvalue weighted by molar-refractivity contribution is 0.0977. The summed E-state index contributed by atoms with van der Waals surface area (Å²) in [4.78, 5) is 13.7. The Morgan fingerprint density at radius 3 is 3.00 bits per heavy atom. The van der Waals surface area contributed by atoms with Crippen LogP contribution in [0.25, 0.3) is 0 Å². The zero-order chi connectivity index (χ0) is 19.0. The molecule has 2 heterocycles. The molecule has 2 aliphatic rings. The molecular weight excluding hydrogens is 382 g/mol. The maximum Gasteiger partial charge on any atom is 0.257 e.